The molecule has 0 aliphatic heterocycles. The maximum atomic E-state index is 14.1. The zero-order valence-corrected chi connectivity index (χ0v) is 14.0. The van der Waals surface area contributed by atoms with E-state index in [1.165, 1.54) is 6.07 Å². The van der Waals surface area contributed by atoms with Gasteiger partial charge in [0, 0.05) is 17.4 Å². The number of benzene rings is 1. The van der Waals surface area contributed by atoms with Gasteiger partial charge in [0.05, 0.1) is 5.75 Å². The van der Waals surface area contributed by atoms with E-state index < -0.39 is 9.84 Å². The van der Waals surface area contributed by atoms with Crippen molar-refractivity contribution < 1.29 is 12.8 Å². The summed E-state index contributed by atoms with van der Waals surface area (Å²) in [6, 6.07) is 5.09. The molecule has 3 nitrogen and oxygen atoms in total. The van der Waals surface area contributed by atoms with E-state index in [0.29, 0.717) is 18.4 Å². The summed E-state index contributed by atoms with van der Waals surface area (Å²) in [5.41, 5.74) is 1.52. The quantitative estimate of drug-likeness (QED) is 0.760. The molecular formula is C16H26FNO2S. The van der Waals surface area contributed by atoms with Crippen molar-refractivity contribution >= 4 is 9.84 Å². The normalized spacial score (nSPS) is 13.3. The molecular weight excluding hydrogens is 289 g/mol. The van der Waals surface area contributed by atoms with Crippen molar-refractivity contribution in [2.75, 3.05) is 18.1 Å². The third kappa shape index (κ3) is 6.14. The van der Waals surface area contributed by atoms with E-state index in [1.807, 2.05) is 13.0 Å². The van der Waals surface area contributed by atoms with Crippen molar-refractivity contribution in [3.05, 3.63) is 35.1 Å². The summed E-state index contributed by atoms with van der Waals surface area (Å²) >= 11 is 0. The van der Waals surface area contributed by atoms with Crippen LogP contribution < -0.4 is 5.32 Å². The molecule has 0 heterocycles. The predicted molar refractivity (Wildman–Crippen MR) is 85.7 cm³/mol. The molecule has 0 saturated carbocycles. The second-order valence-electron chi connectivity index (χ2n) is 5.41. The number of nitrogens with one attached hydrogen (secondary N) is 1. The molecule has 1 N–H and O–H groups in total. The van der Waals surface area contributed by atoms with Crippen LogP contribution in [0.15, 0.2) is 18.2 Å². The van der Waals surface area contributed by atoms with Gasteiger partial charge in [-0.05, 0) is 44.4 Å². The summed E-state index contributed by atoms with van der Waals surface area (Å²) in [6.07, 6.45) is 2.13. The first-order valence-electron chi connectivity index (χ1n) is 7.59. The van der Waals surface area contributed by atoms with Gasteiger partial charge in [-0.1, -0.05) is 26.0 Å². The first-order valence-corrected chi connectivity index (χ1v) is 9.41. The molecule has 0 bridgehead atoms. The molecule has 21 heavy (non-hydrogen) atoms. The van der Waals surface area contributed by atoms with Crippen LogP contribution >= 0.6 is 0 Å². The van der Waals surface area contributed by atoms with Crippen LogP contribution in [0.1, 0.15) is 50.3 Å². The standard InChI is InChI=1S/C16H26FNO2S/c1-4-10-18-16(7-6-11-21(19,20)5-2)14-9-8-13(3)12-15(14)17/h8-9,12,16,18H,4-7,10-11H2,1-3H3. The van der Waals surface area contributed by atoms with E-state index in [1.54, 1.807) is 13.0 Å². The molecule has 1 rings (SSSR count). The maximum absolute atomic E-state index is 14.1. The molecule has 0 aromatic heterocycles. The second kappa shape index (κ2) is 8.49. The van der Waals surface area contributed by atoms with Crippen molar-refractivity contribution in [1.29, 1.82) is 0 Å². The molecule has 1 unspecified atom stereocenters. The number of hydrogen-bond donors (Lipinski definition) is 1. The molecule has 1 aromatic carbocycles. The van der Waals surface area contributed by atoms with Crippen molar-refractivity contribution in [3.63, 3.8) is 0 Å². The highest BCUT2D eigenvalue weighted by Gasteiger charge is 2.16. The summed E-state index contributed by atoms with van der Waals surface area (Å²) in [7, 11) is -2.96. The number of halogens is 1. The van der Waals surface area contributed by atoms with Crippen molar-refractivity contribution in [2.45, 2.75) is 46.1 Å². The summed E-state index contributed by atoms with van der Waals surface area (Å²) in [5.74, 6) is 0.113. The number of aryl methyl sites for hydroxylation is 1. The summed E-state index contributed by atoms with van der Waals surface area (Å²) in [4.78, 5) is 0. The fourth-order valence-electron chi connectivity index (χ4n) is 2.25. The van der Waals surface area contributed by atoms with Crippen molar-refractivity contribution in [1.82, 2.24) is 5.32 Å². The first kappa shape index (κ1) is 18.1. The predicted octanol–water partition coefficient (Wildman–Crippen LogP) is 3.39. The average Bonchev–Trinajstić information content (AvgIpc) is 2.43. The highest BCUT2D eigenvalue weighted by atomic mass is 32.2. The third-order valence-corrected chi connectivity index (χ3v) is 5.35. The summed E-state index contributed by atoms with van der Waals surface area (Å²) in [6.45, 7) is 6.35. The van der Waals surface area contributed by atoms with E-state index in [2.05, 4.69) is 12.2 Å². The third-order valence-electron chi connectivity index (χ3n) is 3.56. The van der Waals surface area contributed by atoms with Crippen LogP contribution in [0.25, 0.3) is 0 Å². The zero-order valence-electron chi connectivity index (χ0n) is 13.2. The van der Waals surface area contributed by atoms with Crippen LogP contribution in [0.3, 0.4) is 0 Å². The lowest BCUT2D eigenvalue weighted by atomic mass is 10.00. The highest BCUT2D eigenvalue weighted by molar-refractivity contribution is 7.91. The molecule has 1 aromatic rings. The minimum Gasteiger partial charge on any atom is -0.310 e. The van der Waals surface area contributed by atoms with Crippen LogP contribution in [0, 0.1) is 12.7 Å². The van der Waals surface area contributed by atoms with E-state index in [-0.39, 0.29) is 23.4 Å². The van der Waals surface area contributed by atoms with Crippen LogP contribution in [0.5, 0.6) is 0 Å². The SMILES string of the molecule is CCCNC(CCCS(=O)(=O)CC)c1ccc(C)cc1F. The minimum absolute atomic E-state index is 0.127. The Morgan fingerprint density at radius 3 is 2.57 bits per heavy atom. The molecule has 0 radical (unpaired) electrons. The van der Waals surface area contributed by atoms with Crippen molar-refractivity contribution in [2.24, 2.45) is 0 Å². The molecule has 0 spiro atoms. The Kier molecular flexibility index (Phi) is 7.32. The van der Waals surface area contributed by atoms with Gasteiger partial charge in [0.2, 0.25) is 0 Å². The minimum atomic E-state index is -2.96. The Balaban J connectivity index is 2.76. The lowest BCUT2D eigenvalue weighted by Crippen LogP contribution is -2.24. The lowest BCUT2D eigenvalue weighted by molar-refractivity contribution is 0.468. The molecule has 0 saturated heterocycles. The zero-order chi connectivity index (χ0) is 15.9. The maximum Gasteiger partial charge on any atom is 0.150 e. The monoisotopic (exact) mass is 315 g/mol. The average molecular weight is 315 g/mol. The Labute approximate surface area is 127 Å². The number of sulfone groups is 1. The topological polar surface area (TPSA) is 46.2 Å². The number of rotatable bonds is 9. The van der Waals surface area contributed by atoms with Crippen LogP contribution in [-0.4, -0.2) is 26.5 Å². The molecule has 1 atom stereocenters. The van der Waals surface area contributed by atoms with E-state index in [9.17, 15) is 12.8 Å². The Bertz CT molecular complexity index is 543. The molecule has 0 fully saturated rings. The molecule has 0 aliphatic carbocycles. The fraction of sp³-hybridized carbons (Fsp3) is 0.625. The fourth-order valence-corrected chi connectivity index (χ4v) is 3.15. The van der Waals surface area contributed by atoms with E-state index >= 15 is 0 Å². The van der Waals surface area contributed by atoms with Crippen molar-refractivity contribution in [3.8, 4) is 0 Å². The second-order valence-corrected chi connectivity index (χ2v) is 7.88. The highest BCUT2D eigenvalue weighted by Crippen LogP contribution is 2.23. The van der Waals surface area contributed by atoms with Gasteiger partial charge in [-0.25, -0.2) is 12.8 Å². The van der Waals surface area contributed by atoms with Gasteiger partial charge in [0.25, 0.3) is 0 Å². The molecule has 120 valence electrons. The molecule has 0 aliphatic rings. The van der Waals surface area contributed by atoms with Crippen LogP contribution in [0.2, 0.25) is 0 Å². The summed E-state index contributed by atoms with van der Waals surface area (Å²) in [5, 5.41) is 3.32. The summed E-state index contributed by atoms with van der Waals surface area (Å²) < 4.78 is 37.2. The Morgan fingerprint density at radius 1 is 1.29 bits per heavy atom. The number of hydrogen-bond acceptors (Lipinski definition) is 3. The molecule has 5 heteroatoms. The largest absolute Gasteiger partial charge is 0.310 e. The Morgan fingerprint density at radius 2 is 2.00 bits per heavy atom. The smallest absolute Gasteiger partial charge is 0.150 e. The van der Waals surface area contributed by atoms with E-state index in [0.717, 1.165) is 18.5 Å². The van der Waals surface area contributed by atoms with Crippen LogP contribution in [-0.2, 0) is 9.84 Å². The van der Waals surface area contributed by atoms with Gasteiger partial charge in [-0.2, -0.15) is 0 Å². The Hall–Kier alpha value is -0.940. The van der Waals surface area contributed by atoms with Gasteiger partial charge in [0.15, 0.2) is 0 Å². The van der Waals surface area contributed by atoms with E-state index in [4.69, 9.17) is 0 Å². The lowest BCUT2D eigenvalue weighted by Gasteiger charge is -2.20. The first-order chi connectivity index (χ1) is 9.89. The molecule has 0 amide bonds. The van der Waals surface area contributed by atoms with Crippen LogP contribution in [0.4, 0.5) is 4.39 Å². The van der Waals surface area contributed by atoms with Gasteiger partial charge < -0.3 is 5.32 Å². The van der Waals surface area contributed by atoms with Gasteiger partial charge in [-0.15, -0.1) is 0 Å². The van der Waals surface area contributed by atoms with Gasteiger partial charge in [-0.3, -0.25) is 0 Å². The van der Waals surface area contributed by atoms with Gasteiger partial charge in [0.1, 0.15) is 15.7 Å². The van der Waals surface area contributed by atoms with Gasteiger partial charge >= 0.3 is 0 Å².